The molecule has 1 heterocycles. The molecule has 0 saturated carbocycles. The van der Waals surface area contributed by atoms with Gasteiger partial charge in [0.15, 0.2) is 0 Å². The summed E-state index contributed by atoms with van der Waals surface area (Å²) in [7, 11) is 1.69. The zero-order chi connectivity index (χ0) is 16.5. The summed E-state index contributed by atoms with van der Waals surface area (Å²) < 4.78 is 5.33. The van der Waals surface area contributed by atoms with E-state index in [4.69, 9.17) is 15.5 Å². The number of fused-ring (bicyclic) bond motifs is 3. The van der Waals surface area contributed by atoms with Crippen LogP contribution in [0.1, 0.15) is 22.5 Å². The van der Waals surface area contributed by atoms with E-state index in [0.717, 1.165) is 41.2 Å². The van der Waals surface area contributed by atoms with Gasteiger partial charge in [0, 0.05) is 12.0 Å². The molecule has 0 bridgehead atoms. The molecule has 0 aliphatic heterocycles. The van der Waals surface area contributed by atoms with E-state index < -0.39 is 0 Å². The SMILES string of the molecule is COc1ccc2c(c1)CCc1nc(N)c(Cc3ccccc3)nc1-2. The summed E-state index contributed by atoms with van der Waals surface area (Å²) in [4.78, 5) is 9.51. The molecule has 0 radical (unpaired) electrons. The Labute approximate surface area is 141 Å². The summed E-state index contributed by atoms with van der Waals surface area (Å²) >= 11 is 0. The van der Waals surface area contributed by atoms with Crippen LogP contribution in [0.2, 0.25) is 0 Å². The second kappa shape index (κ2) is 5.96. The Hall–Kier alpha value is -2.88. The van der Waals surface area contributed by atoms with Gasteiger partial charge in [0.2, 0.25) is 0 Å². The first-order valence-corrected chi connectivity index (χ1v) is 8.11. The monoisotopic (exact) mass is 317 g/mol. The minimum atomic E-state index is 0.537. The molecule has 0 saturated heterocycles. The smallest absolute Gasteiger partial charge is 0.145 e. The molecule has 3 aromatic rings. The summed E-state index contributed by atoms with van der Waals surface area (Å²) in [5.41, 5.74) is 12.5. The highest BCUT2D eigenvalue weighted by atomic mass is 16.5. The Kier molecular flexibility index (Phi) is 3.65. The van der Waals surface area contributed by atoms with Gasteiger partial charge in [-0.25, -0.2) is 9.97 Å². The molecule has 0 spiro atoms. The summed E-state index contributed by atoms with van der Waals surface area (Å²) in [6.45, 7) is 0. The van der Waals surface area contributed by atoms with Crippen molar-refractivity contribution in [2.75, 3.05) is 12.8 Å². The van der Waals surface area contributed by atoms with Gasteiger partial charge in [0.1, 0.15) is 11.6 Å². The number of hydrogen-bond acceptors (Lipinski definition) is 4. The fourth-order valence-electron chi connectivity index (χ4n) is 3.22. The normalized spacial score (nSPS) is 12.4. The van der Waals surface area contributed by atoms with Crippen molar-refractivity contribution in [3.05, 3.63) is 71.0 Å². The maximum atomic E-state index is 6.16. The van der Waals surface area contributed by atoms with Gasteiger partial charge in [-0.05, 0) is 42.2 Å². The molecule has 120 valence electrons. The van der Waals surface area contributed by atoms with Crippen LogP contribution in [0.4, 0.5) is 5.82 Å². The number of nitrogens with zero attached hydrogens (tertiary/aromatic N) is 2. The number of rotatable bonds is 3. The molecule has 1 aromatic heterocycles. The average molecular weight is 317 g/mol. The maximum absolute atomic E-state index is 6.16. The summed E-state index contributed by atoms with van der Waals surface area (Å²) in [5.74, 6) is 1.42. The third-order valence-electron chi connectivity index (χ3n) is 4.48. The maximum Gasteiger partial charge on any atom is 0.145 e. The number of anilines is 1. The topological polar surface area (TPSA) is 61.0 Å². The van der Waals surface area contributed by atoms with Gasteiger partial charge in [-0.15, -0.1) is 0 Å². The lowest BCUT2D eigenvalue weighted by Crippen LogP contribution is -2.13. The first-order chi connectivity index (χ1) is 11.7. The second-order valence-corrected chi connectivity index (χ2v) is 6.04. The van der Waals surface area contributed by atoms with Gasteiger partial charge in [0.05, 0.1) is 24.2 Å². The number of hydrogen-bond donors (Lipinski definition) is 1. The van der Waals surface area contributed by atoms with Crippen molar-refractivity contribution in [1.82, 2.24) is 9.97 Å². The van der Waals surface area contributed by atoms with Gasteiger partial charge in [-0.3, -0.25) is 0 Å². The highest BCUT2D eigenvalue weighted by Gasteiger charge is 2.21. The van der Waals surface area contributed by atoms with Crippen LogP contribution in [-0.2, 0) is 19.3 Å². The van der Waals surface area contributed by atoms with Crippen LogP contribution in [0.5, 0.6) is 5.75 Å². The summed E-state index contributed by atoms with van der Waals surface area (Å²) in [6.07, 6.45) is 2.49. The predicted molar refractivity (Wildman–Crippen MR) is 95.1 cm³/mol. The van der Waals surface area contributed by atoms with E-state index in [9.17, 15) is 0 Å². The first kappa shape index (κ1) is 14.7. The Balaban J connectivity index is 1.77. The molecule has 24 heavy (non-hydrogen) atoms. The zero-order valence-electron chi connectivity index (χ0n) is 13.6. The molecule has 0 amide bonds. The number of nitrogens with two attached hydrogens (primary N) is 1. The standard InChI is InChI=1S/C20H19N3O/c1-24-15-8-9-16-14(12-15)7-10-17-19(16)22-18(20(21)23-17)11-13-5-3-2-4-6-13/h2-6,8-9,12H,7,10-11H2,1H3,(H2,21,23). The van der Waals surface area contributed by atoms with Crippen molar-refractivity contribution in [1.29, 1.82) is 0 Å². The second-order valence-electron chi connectivity index (χ2n) is 6.04. The minimum absolute atomic E-state index is 0.537. The van der Waals surface area contributed by atoms with Crippen LogP contribution in [0.25, 0.3) is 11.3 Å². The number of ether oxygens (including phenoxy) is 1. The van der Waals surface area contributed by atoms with E-state index in [-0.39, 0.29) is 0 Å². The third kappa shape index (κ3) is 2.60. The minimum Gasteiger partial charge on any atom is -0.497 e. The van der Waals surface area contributed by atoms with Crippen LogP contribution in [0.3, 0.4) is 0 Å². The molecule has 4 nitrogen and oxygen atoms in total. The van der Waals surface area contributed by atoms with Gasteiger partial charge in [0.25, 0.3) is 0 Å². The number of aromatic nitrogens is 2. The Morgan fingerprint density at radius 2 is 1.88 bits per heavy atom. The molecule has 0 atom stereocenters. The number of aryl methyl sites for hydroxylation is 2. The van der Waals surface area contributed by atoms with Crippen LogP contribution < -0.4 is 10.5 Å². The number of nitrogen functional groups attached to an aromatic ring is 1. The predicted octanol–water partition coefficient (Wildman–Crippen LogP) is 3.42. The molecule has 2 aromatic carbocycles. The largest absolute Gasteiger partial charge is 0.497 e. The van der Waals surface area contributed by atoms with Gasteiger partial charge < -0.3 is 10.5 Å². The van der Waals surface area contributed by atoms with E-state index in [2.05, 4.69) is 29.2 Å². The van der Waals surface area contributed by atoms with Crippen LogP contribution in [-0.4, -0.2) is 17.1 Å². The van der Waals surface area contributed by atoms with E-state index in [0.29, 0.717) is 12.2 Å². The van der Waals surface area contributed by atoms with Crippen LogP contribution in [0.15, 0.2) is 48.5 Å². The average Bonchev–Trinajstić information content (AvgIpc) is 2.62. The van der Waals surface area contributed by atoms with Crippen molar-refractivity contribution >= 4 is 5.82 Å². The third-order valence-corrected chi connectivity index (χ3v) is 4.48. The highest BCUT2D eigenvalue weighted by Crippen LogP contribution is 2.34. The lowest BCUT2D eigenvalue weighted by atomic mass is 9.91. The Bertz CT molecular complexity index is 891. The zero-order valence-corrected chi connectivity index (χ0v) is 13.6. The van der Waals surface area contributed by atoms with Crippen molar-refractivity contribution < 1.29 is 4.74 Å². The lowest BCUT2D eigenvalue weighted by Gasteiger charge is -2.20. The lowest BCUT2D eigenvalue weighted by molar-refractivity contribution is 0.414. The molecule has 1 aliphatic rings. The Morgan fingerprint density at radius 3 is 2.67 bits per heavy atom. The number of methoxy groups -OCH3 is 1. The molecule has 1 aliphatic carbocycles. The van der Waals surface area contributed by atoms with E-state index in [1.807, 2.05) is 24.3 Å². The van der Waals surface area contributed by atoms with Crippen molar-refractivity contribution in [3.8, 4) is 17.0 Å². The van der Waals surface area contributed by atoms with Gasteiger partial charge in [-0.2, -0.15) is 0 Å². The van der Waals surface area contributed by atoms with Crippen molar-refractivity contribution in [2.45, 2.75) is 19.3 Å². The van der Waals surface area contributed by atoms with E-state index in [1.54, 1.807) is 7.11 Å². The molecule has 0 fully saturated rings. The molecule has 2 N–H and O–H groups in total. The van der Waals surface area contributed by atoms with Gasteiger partial charge >= 0.3 is 0 Å². The molecular weight excluding hydrogens is 298 g/mol. The molecule has 4 heteroatoms. The van der Waals surface area contributed by atoms with Crippen molar-refractivity contribution in [2.24, 2.45) is 0 Å². The van der Waals surface area contributed by atoms with E-state index in [1.165, 1.54) is 11.1 Å². The first-order valence-electron chi connectivity index (χ1n) is 8.11. The molecule has 4 rings (SSSR count). The summed E-state index contributed by atoms with van der Waals surface area (Å²) in [5, 5.41) is 0. The number of benzene rings is 2. The molecule has 0 unspecified atom stereocenters. The fourth-order valence-corrected chi connectivity index (χ4v) is 3.22. The summed E-state index contributed by atoms with van der Waals surface area (Å²) in [6, 6.07) is 16.4. The van der Waals surface area contributed by atoms with Crippen molar-refractivity contribution in [3.63, 3.8) is 0 Å². The molecular formula is C20H19N3O. The highest BCUT2D eigenvalue weighted by molar-refractivity contribution is 5.70. The van der Waals surface area contributed by atoms with Crippen LogP contribution in [0, 0.1) is 0 Å². The van der Waals surface area contributed by atoms with E-state index >= 15 is 0 Å². The quantitative estimate of drug-likeness (QED) is 0.804. The van der Waals surface area contributed by atoms with Gasteiger partial charge in [-0.1, -0.05) is 30.3 Å². The Morgan fingerprint density at radius 1 is 1.04 bits per heavy atom. The van der Waals surface area contributed by atoms with Crippen LogP contribution >= 0.6 is 0 Å². The fraction of sp³-hybridized carbons (Fsp3) is 0.200.